The van der Waals surface area contributed by atoms with Crippen LogP contribution in [0.4, 0.5) is 16.2 Å². The Morgan fingerprint density at radius 1 is 0.865 bits per heavy atom. The van der Waals surface area contributed by atoms with Crippen molar-refractivity contribution in [1.29, 1.82) is 0 Å². The summed E-state index contributed by atoms with van der Waals surface area (Å²) in [6.07, 6.45) is 2.72. The first-order valence-corrected chi connectivity index (χ1v) is 18.5. The molecule has 0 saturated heterocycles. The number of carbonyl (C=O) groups excluding carboxylic acids is 2. The SMILES string of the molecule is CCC(C)(C)c1ccc(OCCCCNC(=O)Nc2ccc(N3N=C(c4ccc(Cl)cc4)C(Oc4ccc(C)cc4)C3=O)cc2)c(C(C)(C)CC)c1. The van der Waals surface area contributed by atoms with Crippen LogP contribution >= 0.6 is 11.6 Å². The van der Waals surface area contributed by atoms with E-state index >= 15 is 0 Å². The second kappa shape index (κ2) is 16.7. The summed E-state index contributed by atoms with van der Waals surface area (Å²) in [6.45, 7) is 16.6. The fourth-order valence-electron chi connectivity index (χ4n) is 5.78. The number of aryl methyl sites for hydroxylation is 1. The number of hydrogen-bond donors (Lipinski definition) is 2. The molecule has 1 aliphatic heterocycles. The molecule has 5 rings (SSSR count). The van der Waals surface area contributed by atoms with Crippen LogP contribution in [0, 0.1) is 6.92 Å². The number of unbranched alkanes of at least 4 members (excludes halogenated alkanes) is 1. The molecule has 274 valence electrons. The molecule has 9 heteroatoms. The molecule has 0 aliphatic carbocycles. The predicted molar refractivity (Wildman–Crippen MR) is 212 cm³/mol. The van der Waals surface area contributed by atoms with Gasteiger partial charge in [-0.15, -0.1) is 0 Å². The van der Waals surface area contributed by atoms with Crippen LogP contribution in [0.2, 0.25) is 5.02 Å². The van der Waals surface area contributed by atoms with E-state index in [1.807, 2.05) is 43.3 Å². The van der Waals surface area contributed by atoms with Gasteiger partial charge in [0.15, 0.2) is 0 Å². The first-order valence-electron chi connectivity index (χ1n) is 18.2. The van der Waals surface area contributed by atoms with Crippen molar-refractivity contribution in [2.75, 3.05) is 23.5 Å². The Morgan fingerprint density at radius 3 is 2.19 bits per heavy atom. The summed E-state index contributed by atoms with van der Waals surface area (Å²) >= 11 is 6.12. The Balaban J connectivity index is 1.14. The molecule has 1 unspecified atom stereocenters. The maximum absolute atomic E-state index is 13.7. The summed E-state index contributed by atoms with van der Waals surface area (Å²) in [5.74, 6) is 1.18. The third-order valence-corrected chi connectivity index (χ3v) is 10.3. The lowest BCUT2D eigenvalue weighted by molar-refractivity contribution is -0.121. The van der Waals surface area contributed by atoms with Gasteiger partial charge in [-0.1, -0.05) is 95.1 Å². The maximum atomic E-state index is 13.7. The highest BCUT2D eigenvalue weighted by Crippen LogP contribution is 2.38. The van der Waals surface area contributed by atoms with Gasteiger partial charge in [-0.25, -0.2) is 4.79 Å². The summed E-state index contributed by atoms with van der Waals surface area (Å²) in [7, 11) is 0. The monoisotopic (exact) mass is 722 g/mol. The fraction of sp³-hybridized carbons (Fsp3) is 0.372. The van der Waals surface area contributed by atoms with Crippen molar-refractivity contribution in [2.24, 2.45) is 5.10 Å². The molecular formula is C43H51ClN4O4. The number of urea groups is 1. The van der Waals surface area contributed by atoms with Gasteiger partial charge in [-0.2, -0.15) is 10.1 Å². The third-order valence-electron chi connectivity index (χ3n) is 10.0. The number of nitrogens with one attached hydrogen (secondary N) is 2. The van der Waals surface area contributed by atoms with Crippen LogP contribution in [0.5, 0.6) is 11.5 Å². The molecular weight excluding hydrogens is 672 g/mol. The fourth-order valence-corrected chi connectivity index (χ4v) is 5.91. The summed E-state index contributed by atoms with van der Waals surface area (Å²) in [5.41, 5.74) is 6.13. The van der Waals surface area contributed by atoms with Crippen molar-refractivity contribution >= 4 is 40.6 Å². The van der Waals surface area contributed by atoms with Crippen LogP contribution < -0.4 is 25.1 Å². The van der Waals surface area contributed by atoms with Gasteiger partial charge in [0.25, 0.3) is 5.91 Å². The highest BCUT2D eigenvalue weighted by atomic mass is 35.5. The number of nitrogens with zero attached hydrogens (tertiary/aromatic N) is 2. The molecule has 1 atom stereocenters. The highest BCUT2D eigenvalue weighted by Gasteiger charge is 2.39. The molecule has 0 radical (unpaired) electrons. The predicted octanol–water partition coefficient (Wildman–Crippen LogP) is 10.2. The van der Waals surface area contributed by atoms with E-state index in [0.717, 1.165) is 42.6 Å². The zero-order chi connectivity index (χ0) is 37.5. The van der Waals surface area contributed by atoms with Crippen molar-refractivity contribution in [3.8, 4) is 11.5 Å². The van der Waals surface area contributed by atoms with Crippen LogP contribution in [0.1, 0.15) is 89.5 Å². The Kier molecular flexibility index (Phi) is 12.3. The number of carbonyl (C=O) groups is 2. The second-order valence-electron chi connectivity index (χ2n) is 14.6. The number of ether oxygens (including phenoxy) is 2. The lowest BCUT2D eigenvalue weighted by Gasteiger charge is -2.30. The molecule has 0 fully saturated rings. The number of amides is 3. The molecule has 4 aromatic rings. The Morgan fingerprint density at radius 2 is 1.54 bits per heavy atom. The van der Waals surface area contributed by atoms with Gasteiger partial charge in [-0.05, 0) is 104 Å². The quantitative estimate of drug-likeness (QED) is 0.120. The molecule has 0 aromatic heterocycles. The zero-order valence-corrected chi connectivity index (χ0v) is 32.1. The van der Waals surface area contributed by atoms with Crippen LogP contribution in [-0.4, -0.2) is 36.9 Å². The van der Waals surface area contributed by atoms with E-state index in [1.165, 1.54) is 16.1 Å². The van der Waals surface area contributed by atoms with Crippen LogP contribution in [0.15, 0.2) is 96.1 Å². The number of hydrazone groups is 1. The minimum atomic E-state index is -0.943. The van der Waals surface area contributed by atoms with Crippen molar-refractivity contribution < 1.29 is 19.1 Å². The van der Waals surface area contributed by atoms with Gasteiger partial charge in [0.1, 0.15) is 17.2 Å². The summed E-state index contributed by atoms with van der Waals surface area (Å²) in [4.78, 5) is 26.4. The third kappa shape index (κ3) is 9.34. The smallest absolute Gasteiger partial charge is 0.319 e. The Hall–Kier alpha value is -4.82. The van der Waals surface area contributed by atoms with E-state index < -0.39 is 6.10 Å². The standard InChI is InChI=1S/C43H51ClN4O4/c1-8-42(4,5)31-16-25-37(36(28-31)43(6,7)9-2)51-27-11-10-26-45-41(50)46-33-19-21-34(22-20-33)48-40(49)39(52-35-23-12-29(3)13-24-35)38(47-48)30-14-17-32(44)18-15-30/h12-25,28,39H,8-11,26-27H2,1-7H3,(H2,45,46,50). The van der Waals surface area contributed by atoms with Gasteiger partial charge < -0.3 is 20.1 Å². The molecule has 4 aromatic carbocycles. The first kappa shape index (κ1) is 38.4. The second-order valence-corrected chi connectivity index (χ2v) is 15.1. The minimum absolute atomic E-state index is 0.00308. The summed E-state index contributed by atoms with van der Waals surface area (Å²) < 4.78 is 12.5. The van der Waals surface area contributed by atoms with E-state index in [1.54, 1.807) is 36.4 Å². The summed E-state index contributed by atoms with van der Waals surface area (Å²) in [5, 5.41) is 12.4. The Labute approximate surface area is 313 Å². The van der Waals surface area contributed by atoms with Gasteiger partial charge >= 0.3 is 6.03 Å². The molecule has 0 saturated carbocycles. The van der Waals surface area contributed by atoms with Gasteiger partial charge in [-0.3, -0.25) is 4.79 Å². The van der Waals surface area contributed by atoms with E-state index in [2.05, 4.69) is 75.5 Å². The molecule has 2 N–H and O–H groups in total. The minimum Gasteiger partial charge on any atom is -0.493 e. The average molecular weight is 723 g/mol. The van der Waals surface area contributed by atoms with Crippen LogP contribution in [0.3, 0.4) is 0 Å². The largest absolute Gasteiger partial charge is 0.493 e. The number of halogens is 1. The van der Waals surface area contributed by atoms with E-state index in [9.17, 15) is 9.59 Å². The van der Waals surface area contributed by atoms with Gasteiger partial charge in [0.05, 0.1) is 12.3 Å². The van der Waals surface area contributed by atoms with E-state index in [0.29, 0.717) is 41.0 Å². The lowest BCUT2D eigenvalue weighted by Crippen LogP contribution is -2.37. The maximum Gasteiger partial charge on any atom is 0.319 e. The van der Waals surface area contributed by atoms with E-state index in [4.69, 9.17) is 21.1 Å². The van der Waals surface area contributed by atoms with Crippen molar-refractivity contribution in [1.82, 2.24) is 5.32 Å². The average Bonchev–Trinajstić information content (AvgIpc) is 3.46. The van der Waals surface area contributed by atoms with Crippen LogP contribution in [-0.2, 0) is 15.6 Å². The molecule has 52 heavy (non-hydrogen) atoms. The topological polar surface area (TPSA) is 92.3 Å². The lowest BCUT2D eigenvalue weighted by atomic mass is 9.76. The molecule has 3 amide bonds. The normalized spacial score (nSPS) is 14.6. The molecule has 0 spiro atoms. The van der Waals surface area contributed by atoms with Gasteiger partial charge in [0, 0.05) is 28.4 Å². The van der Waals surface area contributed by atoms with Crippen molar-refractivity contribution in [2.45, 2.75) is 91.1 Å². The van der Waals surface area contributed by atoms with Crippen molar-refractivity contribution in [3.63, 3.8) is 0 Å². The van der Waals surface area contributed by atoms with Crippen molar-refractivity contribution in [3.05, 3.63) is 118 Å². The number of benzene rings is 4. The number of rotatable bonds is 15. The first-order chi connectivity index (χ1) is 24.8. The number of hydrogen-bond acceptors (Lipinski definition) is 5. The molecule has 1 aliphatic rings. The summed E-state index contributed by atoms with van der Waals surface area (Å²) in [6, 6.07) is 28.0. The highest BCUT2D eigenvalue weighted by molar-refractivity contribution is 6.31. The zero-order valence-electron chi connectivity index (χ0n) is 31.4. The Bertz CT molecular complexity index is 1870. The number of anilines is 2. The molecule has 0 bridgehead atoms. The van der Waals surface area contributed by atoms with E-state index in [-0.39, 0.29) is 22.8 Å². The van der Waals surface area contributed by atoms with Gasteiger partial charge in [0.2, 0.25) is 6.10 Å². The van der Waals surface area contributed by atoms with Crippen LogP contribution in [0.25, 0.3) is 0 Å². The molecule has 1 heterocycles. The molecule has 8 nitrogen and oxygen atoms in total.